The van der Waals surface area contributed by atoms with E-state index < -0.39 is 0 Å². The van der Waals surface area contributed by atoms with Crippen LogP contribution in [0.15, 0.2) is 42.5 Å². The van der Waals surface area contributed by atoms with Crippen molar-refractivity contribution < 1.29 is 0 Å². The van der Waals surface area contributed by atoms with Crippen LogP contribution in [0.3, 0.4) is 0 Å². The number of benzene rings is 1. The van der Waals surface area contributed by atoms with Gasteiger partial charge in [-0.05, 0) is 24.8 Å². The number of hydrogen-bond acceptors (Lipinski definition) is 0. The van der Waals surface area contributed by atoms with Crippen molar-refractivity contribution in [2.45, 2.75) is 38.1 Å². The van der Waals surface area contributed by atoms with Crippen LogP contribution >= 0.6 is 0 Å². The van der Waals surface area contributed by atoms with Gasteiger partial charge in [-0.2, -0.15) is 0 Å². The third kappa shape index (κ3) is 3.97. The maximum absolute atomic E-state index is 2.47. The van der Waals surface area contributed by atoms with Gasteiger partial charge in [0.2, 0.25) is 0 Å². The summed E-state index contributed by atoms with van der Waals surface area (Å²) in [5, 5.41) is 1.48. The fraction of sp³-hybridized carbons (Fsp3) is 0.467. The van der Waals surface area contributed by atoms with Gasteiger partial charge < -0.3 is 0 Å². The second-order valence-corrected chi connectivity index (χ2v) is 5.91. The molecule has 1 saturated carbocycles. The third-order valence-corrected chi connectivity index (χ3v) is 4.44. The molecule has 1 aliphatic carbocycles. The minimum atomic E-state index is 0.884. The normalized spacial score (nSPS) is 18.0. The summed E-state index contributed by atoms with van der Waals surface area (Å²) in [5.74, 6) is 0.884. The number of rotatable bonds is 4. The summed E-state index contributed by atoms with van der Waals surface area (Å²) in [7, 11) is 0.939. The molecule has 0 heterocycles. The first-order valence-electron chi connectivity index (χ1n) is 6.41. The van der Waals surface area contributed by atoms with E-state index in [-0.39, 0.29) is 0 Å². The van der Waals surface area contributed by atoms with Gasteiger partial charge in [-0.3, -0.25) is 0 Å². The van der Waals surface area contributed by atoms with E-state index in [0.717, 1.165) is 15.4 Å². The van der Waals surface area contributed by atoms with E-state index in [4.69, 9.17) is 0 Å². The SMILES string of the molecule is C(=C/C1CCCCC1)/C[Si]c1ccccc1. The van der Waals surface area contributed by atoms with Gasteiger partial charge in [0, 0.05) is 0 Å². The highest BCUT2D eigenvalue weighted by Gasteiger charge is 2.09. The average Bonchev–Trinajstić information content (AvgIpc) is 2.37. The maximum atomic E-state index is 2.47. The molecule has 0 aromatic heterocycles. The molecule has 0 saturated heterocycles. The predicted octanol–water partition coefficient (Wildman–Crippen LogP) is 3.57. The summed E-state index contributed by atoms with van der Waals surface area (Å²) in [5.41, 5.74) is 0. The average molecular weight is 228 g/mol. The summed E-state index contributed by atoms with van der Waals surface area (Å²) >= 11 is 0. The highest BCUT2D eigenvalue weighted by atomic mass is 28.2. The molecule has 1 fully saturated rings. The van der Waals surface area contributed by atoms with E-state index in [0.29, 0.717) is 0 Å². The van der Waals surface area contributed by atoms with Crippen molar-refractivity contribution in [3.63, 3.8) is 0 Å². The van der Waals surface area contributed by atoms with Gasteiger partial charge in [-0.25, -0.2) is 0 Å². The number of allylic oxidation sites excluding steroid dienone is 2. The standard InChI is InChI=1S/C15H20Si/c1-3-8-14(9-4-1)10-7-13-16-15-11-5-2-6-12-15/h2,5-7,10-12,14H,1,3-4,8-9,13H2/b10-7-. The zero-order valence-electron chi connectivity index (χ0n) is 9.86. The topological polar surface area (TPSA) is 0 Å². The molecule has 16 heavy (non-hydrogen) atoms. The Balaban J connectivity index is 1.69. The first-order valence-corrected chi connectivity index (χ1v) is 7.61. The van der Waals surface area contributed by atoms with Crippen LogP contribution in [0.25, 0.3) is 0 Å². The van der Waals surface area contributed by atoms with Gasteiger partial charge in [0.15, 0.2) is 0 Å². The predicted molar refractivity (Wildman–Crippen MR) is 72.4 cm³/mol. The smallest absolute Gasteiger partial charge is 0.0849 e. The van der Waals surface area contributed by atoms with E-state index in [9.17, 15) is 0 Å². The zero-order chi connectivity index (χ0) is 11.1. The Labute approximate surface area is 102 Å². The molecule has 0 amide bonds. The van der Waals surface area contributed by atoms with Gasteiger partial charge in [-0.1, -0.05) is 66.9 Å². The summed E-state index contributed by atoms with van der Waals surface area (Å²) in [4.78, 5) is 0. The van der Waals surface area contributed by atoms with Gasteiger partial charge in [-0.15, -0.1) is 0 Å². The van der Waals surface area contributed by atoms with Crippen LogP contribution in [-0.4, -0.2) is 9.52 Å². The van der Waals surface area contributed by atoms with Crippen LogP contribution in [0.4, 0.5) is 0 Å². The van der Waals surface area contributed by atoms with E-state index in [1.807, 2.05) is 0 Å². The van der Waals surface area contributed by atoms with Crippen LogP contribution in [-0.2, 0) is 0 Å². The van der Waals surface area contributed by atoms with Crippen molar-refractivity contribution in [1.82, 2.24) is 0 Å². The summed E-state index contributed by atoms with van der Waals surface area (Å²) in [6, 6.07) is 12.0. The molecule has 0 nitrogen and oxygen atoms in total. The second kappa shape index (κ2) is 6.69. The second-order valence-electron chi connectivity index (χ2n) is 4.57. The van der Waals surface area contributed by atoms with E-state index in [2.05, 4.69) is 42.5 Å². The van der Waals surface area contributed by atoms with Crippen molar-refractivity contribution in [2.75, 3.05) is 0 Å². The lowest BCUT2D eigenvalue weighted by molar-refractivity contribution is 0.419. The van der Waals surface area contributed by atoms with Crippen molar-refractivity contribution >= 4 is 14.7 Å². The quantitative estimate of drug-likeness (QED) is 0.546. The molecule has 0 bridgehead atoms. The molecule has 0 N–H and O–H groups in total. The molecule has 2 radical (unpaired) electrons. The molecule has 84 valence electrons. The fourth-order valence-electron chi connectivity index (χ4n) is 2.32. The van der Waals surface area contributed by atoms with Gasteiger partial charge in [0.25, 0.3) is 0 Å². The Kier molecular flexibility index (Phi) is 4.88. The molecule has 1 aromatic carbocycles. The Morgan fingerprint density at radius 3 is 2.56 bits per heavy atom. The molecular weight excluding hydrogens is 208 g/mol. The Morgan fingerprint density at radius 1 is 1.06 bits per heavy atom. The largest absolute Gasteiger partial charge is 0.0910 e. The summed E-state index contributed by atoms with van der Waals surface area (Å²) in [6.45, 7) is 0. The van der Waals surface area contributed by atoms with Crippen LogP contribution < -0.4 is 5.19 Å². The van der Waals surface area contributed by atoms with Gasteiger partial charge in [0.1, 0.15) is 0 Å². The monoisotopic (exact) mass is 228 g/mol. The van der Waals surface area contributed by atoms with Crippen LogP contribution in [0, 0.1) is 5.92 Å². The molecule has 1 aromatic rings. The third-order valence-electron chi connectivity index (χ3n) is 3.26. The van der Waals surface area contributed by atoms with E-state index in [1.54, 1.807) is 0 Å². The fourth-order valence-corrected chi connectivity index (χ4v) is 3.24. The maximum Gasteiger partial charge on any atom is 0.0849 e. The first-order chi connectivity index (χ1) is 7.95. The molecule has 0 spiro atoms. The zero-order valence-corrected chi connectivity index (χ0v) is 10.9. The highest BCUT2D eigenvalue weighted by molar-refractivity contribution is 6.53. The lowest BCUT2D eigenvalue weighted by atomic mass is 9.89. The first kappa shape index (κ1) is 11.7. The minimum absolute atomic E-state index is 0.884. The van der Waals surface area contributed by atoms with Crippen molar-refractivity contribution in [3.8, 4) is 0 Å². The number of hydrogen-bond donors (Lipinski definition) is 0. The van der Waals surface area contributed by atoms with Crippen molar-refractivity contribution in [2.24, 2.45) is 5.92 Å². The van der Waals surface area contributed by atoms with Gasteiger partial charge >= 0.3 is 0 Å². The Morgan fingerprint density at radius 2 is 1.81 bits per heavy atom. The Hall–Kier alpha value is -0.823. The van der Waals surface area contributed by atoms with Crippen LogP contribution in [0.5, 0.6) is 0 Å². The van der Waals surface area contributed by atoms with Crippen LogP contribution in [0.2, 0.25) is 6.04 Å². The lowest BCUT2D eigenvalue weighted by Gasteiger charge is -2.17. The molecular formula is C15H20Si. The van der Waals surface area contributed by atoms with Gasteiger partial charge in [0.05, 0.1) is 9.52 Å². The molecule has 1 aliphatic rings. The van der Waals surface area contributed by atoms with Crippen molar-refractivity contribution in [1.29, 1.82) is 0 Å². The van der Waals surface area contributed by atoms with Crippen molar-refractivity contribution in [3.05, 3.63) is 42.5 Å². The molecule has 0 atom stereocenters. The molecule has 0 unspecified atom stereocenters. The van der Waals surface area contributed by atoms with Crippen LogP contribution in [0.1, 0.15) is 32.1 Å². The lowest BCUT2D eigenvalue weighted by Crippen LogP contribution is -2.11. The molecule has 1 heteroatoms. The molecule has 0 aliphatic heterocycles. The van der Waals surface area contributed by atoms with E-state index >= 15 is 0 Å². The summed E-state index contributed by atoms with van der Waals surface area (Å²) < 4.78 is 0. The summed E-state index contributed by atoms with van der Waals surface area (Å²) in [6.07, 6.45) is 12.1. The van der Waals surface area contributed by atoms with E-state index in [1.165, 1.54) is 43.3 Å². The Bertz CT molecular complexity index is 309. The molecule has 2 rings (SSSR count). The highest BCUT2D eigenvalue weighted by Crippen LogP contribution is 2.24. The minimum Gasteiger partial charge on any atom is -0.0910 e.